The molecule has 4 heteroatoms. The van der Waals surface area contributed by atoms with Gasteiger partial charge in [0, 0.05) is 12.6 Å². The SMILES string of the molecule is CCCNCC1COc2ccc(F)cc2O1. The van der Waals surface area contributed by atoms with Crippen molar-refractivity contribution < 1.29 is 13.9 Å². The third-order valence-electron chi connectivity index (χ3n) is 2.42. The van der Waals surface area contributed by atoms with Crippen molar-refractivity contribution in [3.63, 3.8) is 0 Å². The van der Waals surface area contributed by atoms with Gasteiger partial charge in [0.05, 0.1) is 0 Å². The third kappa shape index (κ3) is 2.64. The predicted octanol–water partition coefficient (Wildman–Crippen LogP) is 1.97. The smallest absolute Gasteiger partial charge is 0.164 e. The Kier molecular flexibility index (Phi) is 3.62. The first-order valence-corrected chi connectivity index (χ1v) is 5.59. The molecule has 88 valence electrons. The molecule has 0 aromatic heterocycles. The van der Waals surface area contributed by atoms with E-state index in [0.717, 1.165) is 19.5 Å². The summed E-state index contributed by atoms with van der Waals surface area (Å²) >= 11 is 0. The van der Waals surface area contributed by atoms with Crippen molar-refractivity contribution in [2.45, 2.75) is 19.4 Å². The second-order valence-electron chi connectivity index (χ2n) is 3.85. The highest BCUT2D eigenvalue weighted by molar-refractivity contribution is 5.41. The minimum atomic E-state index is -0.301. The van der Waals surface area contributed by atoms with Gasteiger partial charge in [-0.25, -0.2) is 4.39 Å². The van der Waals surface area contributed by atoms with Crippen molar-refractivity contribution >= 4 is 0 Å². The standard InChI is InChI=1S/C12H16FNO2/c1-2-5-14-7-10-8-15-11-4-3-9(13)6-12(11)16-10/h3-4,6,10,14H,2,5,7-8H2,1H3. The minimum absolute atomic E-state index is 0.0409. The zero-order valence-electron chi connectivity index (χ0n) is 9.33. The summed E-state index contributed by atoms with van der Waals surface area (Å²) in [6.07, 6.45) is 1.04. The van der Waals surface area contributed by atoms with E-state index in [0.29, 0.717) is 18.1 Å². The first-order chi connectivity index (χ1) is 7.79. The monoisotopic (exact) mass is 225 g/mol. The van der Waals surface area contributed by atoms with Crippen LogP contribution in [0.3, 0.4) is 0 Å². The van der Waals surface area contributed by atoms with E-state index in [2.05, 4.69) is 12.2 Å². The van der Waals surface area contributed by atoms with Gasteiger partial charge in [-0.05, 0) is 25.1 Å². The van der Waals surface area contributed by atoms with E-state index in [4.69, 9.17) is 9.47 Å². The van der Waals surface area contributed by atoms with E-state index in [1.165, 1.54) is 12.1 Å². The fourth-order valence-corrected chi connectivity index (χ4v) is 1.63. The molecular formula is C12H16FNO2. The number of rotatable bonds is 4. The number of nitrogens with one attached hydrogen (secondary N) is 1. The second kappa shape index (κ2) is 5.16. The number of halogens is 1. The number of ether oxygens (including phenoxy) is 2. The highest BCUT2D eigenvalue weighted by Gasteiger charge is 2.20. The van der Waals surface area contributed by atoms with Gasteiger partial charge >= 0.3 is 0 Å². The molecule has 1 aromatic rings. The Balaban J connectivity index is 1.94. The third-order valence-corrected chi connectivity index (χ3v) is 2.42. The van der Waals surface area contributed by atoms with Gasteiger partial charge in [-0.2, -0.15) is 0 Å². The number of fused-ring (bicyclic) bond motifs is 1. The van der Waals surface area contributed by atoms with Crippen LogP contribution in [-0.4, -0.2) is 25.8 Å². The topological polar surface area (TPSA) is 30.5 Å². The maximum atomic E-state index is 13.0. The van der Waals surface area contributed by atoms with Crippen LogP contribution in [-0.2, 0) is 0 Å². The largest absolute Gasteiger partial charge is 0.486 e. The molecule has 0 saturated heterocycles. The molecule has 0 spiro atoms. The summed E-state index contributed by atoms with van der Waals surface area (Å²) in [4.78, 5) is 0. The van der Waals surface area contributed by atoms with Gasteiger partial charge in [0.2, 0.25) is 0 Å². The van der Waals surface area contributed by atoms with Gasteiger partial charge in [-0.1, -0.05) is 6.92 Å². The Hall–Kier alpha value is -1.29. The molecule has 1 heterocycles. The van der Waals surface area contributed by atoms with Crippen molar-refractivity contribution in [3.05, 3.63) is 24.0 Å². The molecule has 1 aliphatic rings. The number of hydrogen-bond acceptors (Lipinski definition) is 3. The maximum Gasteiger partial charge on any atom is 0.164 e. The van der Waals surface area contributed by atoms with E-state index in [1.54, 1.807) is 6.07 Å². The minimum Gasteiger partial charge on any atom is -0.486 e. The van der Waals surface area contributed by atoms with Crippen LogP contribution in [0.4, 0.5) is 4.39 Å². The molecule has 0 radical (unpaired) electrons. The highest BCUT2D eigenvalue weighted by atomic mass is 19.1. The fourth-order valence-electron chi connectivity index (χ4n) is 1.63. The average Bonchev–Trinajstić information content (AvgIpc) is 2.29. The zero-order valence-corrected chi connectivity index (χ0v) is 9.33. The Morgan fingerprint density at radius 1 is 1.44 bits per heavy atom. The lowest BCUT2D eigenvalue weighted by molar-refractivity contribution is 0.0900. The van der Waals surface area contributed by atoms with Crippen LogP contribution in [0.15, 0.2) is 18.2 Å². The van der Waals surface area contributed by atoms with Crippen molar-refractivity contribution in [2.24, 2.45) is 0 Å². The lowest BCUT2D eigenvalue weighted by Gasteiger charge is -2.26. The molecule has 1 atom stereocenters. The summed E-state index contributed by atoms with van der Waals surface area (Å²) in [6, 6.07) is 4.33. The van der Waals surface area contributed by atoms with Crippen molar-refractivity contribution in [2.75, 3.05) is 19.7 Å². The molecule has 1 unspecified atom stereocenters. The van der Waals surface area contributed by atoms with Crippen LogP contribution in [0.1, 0.15) is 13.3 Å². The summed E-state index contributed by atoms with van der Waals surface area (Å²) in [5, 5.41) is 3.25. The normalized spacial score (nSPS) is 18.5. The van der Waals surface area contributed by atoms with Crippen LogP contribution >= 0.6 is 0 Å². The molecule has 1 aromatic carbocycles. The van der Waals surface area contributed by atoms with Gasteiger partial charge in [0.25, 0.3) is 0 Å². The number of benzene rings is 1. The van der Waals surface area contributed by atoms with Crippen molar-refractivity contribution in [1.82, 2.24) is 5.32 Å². The summed E-state index contributed by atoms with van der Waals surface area (Å²) < 4.78 is 24.1. The van der Waals surface area contributed by atoms with Crippen LogP contribution in [0.5, 0.6) is 11.5 Å². The van der Waals surface area contributed by atoms with Crippen LogP contribution in [0, 0.1) is 5.82 Å². The van der Waals surface area contributed by atoms with Gasteiger partial charge < -0.3 is 14.8 Å². The van der Waals surface area contributed by atoms with Crippen LogP contribution in [0.2, 0.25) is 0 Å². The Morgan fingerprint density at radius 3 is 3.12 bits per heavy atom. The molecule has 0 bridgehead atoms. The van der Waals surface area contributed by atoms with Gasteiger partial charge in [-0.3, -0.25) is 0 Å². The lowest BCUT2D eigenvalue weighted by atomic mass is 10.2. The van der Waals surface area contributed by atoms with Crippen molar-refractivity contribution in [1.29, 1.82) is 0 Å². The Labute approximate surface area is 94.6 Å². The molecule has 0 amide bonds. The zero-order chi connectivity index (χ0) is 11.4. The van der Waals surface area contributed by atoms with E-state index >= 15 is 0 Å². The molecule has 3 nitrogen and oxygen atoms in total. The van der Waals surface area contributed by atoms with E-state index in [1.807, 2.05) is 0 Å². The Morgan fingerprint density at radius 2 is 2.31 bits per heavy atom. The summed E-state index contributed by atoms with van der Waals surface area (Å²) in [7, 11) is 0. The molecule has 1 aliphatic heterocycles. The lowest BCUT2D eigenvalue weighted by Crippen LogP contribution is -2.38. The second-order valence-corrected chi connectivity index (χ2v) is 3.85. The quantitative estimate of drug-likeness (QED) is 0.795. The Bertz CT molecular complexity index is 357. The first-order valence-electron chi connectivity index (χ1n) is 5.59. The molecule has 2 rings (SSSR count). The van der Waals surface area contributed by atoms with Gasteiger partial charge in [0.15, 0.2) is 11.5 Å². The van der Waals surface area contributed by atoms with Crippen LogP contribution in [0.25, 0.3) is 0 Å². The fraction of sp³-hybridized carbons (Fsp3) is 0.500. The maximum absolute atomic E-state index is 13.0. The molecular weight excluding hydrogens is 209 g/mol. The van der Waals surface area contributed by atoms with Gasteiger partial charge in [-0.15, -0.1) is 0 Å². The first kappa shape index (κ1) is 11.2. The highest BCUT2D eigenvalue weighted by Crippen LogP contribution is 2.31. The molecule has 16 heavy (non-hydrogen) atoms. The average molecular weight is 225 g/mol. The summed E-state index contributed by atoms with van der Waals surface area (Å²) in [6.45, 7) is 4.30. The molecule has 0 saturated carbocycles. The van der Waals surface area contributed by atoms with Crippen LogP contribution < -0.4 is 14.8 Å². The van der Waals surface area contributed by atoms with E-state index < -0.39 is 0 Å². The van der Waals surface area contributed by atoms with E-state index in [9.17, 15) is 4.39 Å². The predicted molar refractivity (Wildman–Crippen MR) is 59.5 cm³/mol. The van der Waals surface area contributed by atoms with Gasteiger partial charge in [0.1, 0.15) is 18.5 Å². The molecule has 0 fully saturated rings. The van der Waals surface area contributed by atoms with Crippen molar-refractivity contribution in [3.8, 4) is 11.5 Å². The summed E-state index contributed by atoms with van der Waals surface area (Å²) in [5.74, 6) is 0.812. The van der Waals surface area contributed by atoms with E-state index in [-0.39, 0.29) is 11.9 Å². The summed E-state index contributed by atoms with van der Waals surface area (Å²) in [5.41, 5.74) is 0. The molecule has 1 N–H and O–H groups in total. The molecule has 0 aliphatic carbocycles. The number of hydrogen-bond donors (Lipinski definition) is 1.